The van der Waals surface area contributed by atoms with E-state index >= 15 is 0 Å². The molecular weight excluding hydrogens is 376 g/mol. The molecule has 2 rings (SSSR count). The quantitative estimate of drug-likeness (QED) is 0.776. The van der Waals surface area contributed by atoms with E-state index in [9.17, 15) is 8.42 Å². The maximum Gasteiger partial charge on any atom is 0.263 e. The van der Waals surface area contributed by atoms with E-state index in [2.05, 4.69) is 20.7 Å². The largest absolute Gasteiger partial charge is 0.398 e. The summed E-state index contributed by atoms with van der Waals surface area (Å²) in [4.78, 5) is -0.0341. The fraction of sp³-hybridized carbons (Fsp3) is 0.143. The van der Waals surface area contributed by atoms with Gasteiger partial charge in [0.05, 0.1) is 5.69 Å². The van der Waals surface area contributed by atoms with E-state index in [1.54, 1.807) is 18.2 Å². The van der Waals surface area contributed by atoms with Crippen LogP contribution in [0.2, 0.25) is 5.02 Å². The van der Waals surface area contributed by atoms with Crippen LogP contribution < -0.4 is 10.5 Å². The number of nitrogens with one attached hydrogen (secondary N) is 1. The molecule has 0 saturated heterocycles. The van der Waals surface area contributed by atoms with Gasteiger partial charge in [-0.1, -0.05) is 27.5 Å². The summed E-state index contributed by atoms with van der Waals surface area (Å²) in [6.07, 6.45) is 0. The Morgan fingerprint density at radius 2 is 1.71 bits per heavy atom. The third kappa shape index (κ3) is 3.51. The van der Waals surface area contributed by atoms with Crippen molar-refractivity contribution in [3.63, 3.8) is 0 Å². The zero-order valence-corrected chi connectivity index (χ0v) is 14.6. The zero-order chi connectivity index (χ0) is 15.8. The van der Waals surface area contributed by atoms with Gasteiger partial charge in [0.15, 0.2) is 0 Å². The molecule has 0 aromatic heterocycles. The van der Waals surface area contributed by atoms with Crippen LogP contribution in [0.3, 0.4) is 0 Å². The van der Waals surface area contributed by atoms with Crippen LogP contribution in [-0.2, 0) is 10.0 Å². The van der Waals surface area contributed by atoms with Crippen molar-refractivity contribution < 1.29 is 8.42 Å². The normalized spacial score (nSPS) is 11.4. The number of anilines is 2. The molecule has 7 heteroatoms. The Balaban J connectivity index is 2.45. The van der Waals surface area contributed by atoms with Gasteiger partial charge in [-0.15, -0.1) is 0 Å². The van der Waals surface area contributed by atoms with Crippen molar-refractivity contribution in [2.24, 2.45) is 0 Å². The molecule has 21 heavy (non-hydrogen) atoms. The first-order chi connectivity index (χ1) is 9.70. The minimum atomic E-state index is -3.79. The summed E-state index contributed by atoms with van der Waals surface area (Å²) < 4.78 is 28.3. The van der Waals surface area contributed by atoms with Gasteiger partial charge in [0.1, 0.15) is 4.90 Å². The lowest BCUT2D eigenvalue weighted by Crippen LogP contribution is -2.15. The third-order valence-corrected chi connectivity index (χ3v) is 5.88. The van der Waals surface area contributed by atoms with Gasteiger partial charge < -0.3 is 5.73 Å². The van der Waals surface area contributed by atoms with E-state index < -0.39 is 10.0 Å². The van der Waals surface area contributed by atoms with Crippen LogP contribution in [0.1, 0.15) is 11.1 Å². The molecule has 0 saturated carbocycles. The number of hydrogen-bond donors (Lipinski definition) is 2. The number of halogens is 2. The third-order valence-electron chi connectivity index (χ3n) is 2.95. The lowest BCUT2D eigenvalue weighted by atomic mass is 10.1. The molecule has 0 fully saturated rings. The molecule has 0 radical (unpaired) electrons. The van der Waals surface area contributed by atoms with Crippen molar-refractivity contribution in [1.29, 1.82) is 0 Å². The van der Waals surface area contributed by atoms with Gasteiger partial charge in [0.2, 0.25) is 0 Å². The molecule has 0 aliphatic heterocycles. The van der Waals surface area contributed by atoms with Crippen molar-refractivity contribution in [3.8, 4) is 0 Å². The Bertz CT molecular complexity index is 784. The molecule has 0 bridgehead atoms. The Hall–Kier alpha value is -1.24. The van der Waals surface area contributed by atoms with Gasteiger partial charge in [-0.2, -0.15) is 0 Å². The molecule has 3 N–H and O–H groups in total. The summed E-state index contributed by atoms with van der Waals surface area (Å²) in [5.41, 5.74) is 8.23. The first-order valence-corrected chi connectivity index (χ1v) is 8.71. The summed E-state index contributed by atoms with van der Waals surface area (Å²) in [6, 6.07) is 7.83. The molecule has 2 aromatic rings. The predicted octanol–water partition coefficient (Wildman–Crippen LogP) is 4.10. The van der Waals surface area contributed by atoms with Crippen molar-refractivity contribution in [3.05, 3.63) is 51.0 Å². The lowest BCUT2D eigenvalue weighted by Gasteiger charge is -2.13. The van der Waals surface area contributed by atoms with Crippen molar-refractivity contribution in [1.82, 2.24) is 0 Å². The fourth-order valence-corrected chi connectivity index (χ4v) is 3.62. The molecule has 0 amide bonds. The van der Waals surface area contributed by atoms with Crippen LogP contribution in [0.25, 0.3) is 0 Å². The van der Waals surface area contributed by atoms with Crippen LogP contribution in [0, 0.1) is 13.8 Å². The van der Waals surface area contributed by atoms with Crippen LogP contribution in [-0.4, -0.2) is 8.42 Å². The van der Waals surface area contributed by atoms with E-state index in [1.807, 2.05) is 13.8 Å². The second-order valence-electron chi connectivity index (χ2n) is 4.71. The first-order valence-electron chi connectivity index (χ1n) is 6.05. The van der Waals surface area contributed by atoms with Crippen molar-refractivity contribution in [2.45, 2.75) is 18.7 Å². The topological polar surface area (TPSA) is 72.2 Å². The summed E-state index contributed by atoms with van der Waals surface area (Å²) in [6.45, 7) is 3.78. The standard InChI is InChI=1S/C14H14BrClN2O2S/c1-8-5-11(6-9(2)14(8)15)18-21(19,20)13-7-10(16)3-4-12(13)17/h3-7,18H,17H2,1-2H3. The average molecular weight is 390 g/mol. The molecule has 4 nitrogen and oxygen atoms in total. The number of rotatable bonds is 3. The SMILES string of the molecule is Cc1cc(NS(=O)(=O)c2cc(Cl)ccc2N)cc(C)c1Br. The summed E-state index contributed by atoms with van der Waals surface area (Å²) in [7, 11) is -3.79. The maximum atomic E-state index is 12.4. The highest BCUT2D eigenvalue weighted by molar-refractivity contribution is 9.10. The van der Waals surface area contributed by atoms with E-state index in [0.717, 1.165) is 15.6 Å². The first kappa shape index (κ1) is 16.1. The number of nitrogen functional groups attached to an aromatic ring is 1. The molecule has 112 valence electrons. The maximum absolute atomic E-state index is 12.4. The highest BCUT2D eigenvalue weighted by Crippen LogP contribution is 2.28. The van der Waals surface area contributed by atoms with Gasteiger partial charge in [-0.25, -0.2) is 8.42 Å². The minimum Gasteiger partial charge on any atom is -0.398 e. The van der Waals surface area contributed by atoms with Crippen molar-refractivity contribution >= 4 is 48.9 Å². The smallest absolute Gasteiger partial charge is 0.263 e. The number of sulfonamides is 1. The van der Waals surface area contributed by atoms with E-state index in [1.165, 1.54) is 12.1 Å². The van der Waals surface area contributed by atoms with Crippen LogP contribution in [0.5, 0.6) is 0 Å². The van der Waals surface area contributed by atoms with Gasteiger partial charge in [-0.3, -0.25) is 4.72 Å². The summed E-state index contributed by atoms with van der Waals surface area (Å²) >= 11 is 9.29. The second-order valence-corrected chi connectivity index (χ2v) is 7.59. The Labute approximate surface area is 137 Å². The fourth-order valence-electron chi connectivity index (χ4n) is 1.96. The molecule has 0 heterocycles. The van der Waals surface area contributed by atoms with Crippen LogP contribution in [0.15, 0.2) is 39.7 Å². The molecular formula is C14H14BrClN2O2S. The molecule has 0 aliphatic rings. The van der Waals surface area contributed by atoms with Crippen LogP contribution in [0.4, 0.5) is 11.4 Å². The number of nitrogens with two attached hydrogens (primary N) is 1. The van der Waals surface area contributed by atoms with Crippen molar-refractivity contribution in [2.75, 3.05) is 10.5 Å². The molecule has 0 spiro atoms. The monoisotopic (exact) mass is 388 g/mol. The predicted molar refractivity (Wildman–Crippen MR) is 90.3 cm³/mol. The molecule has 0 aliphatic carbocycles. The van der Waals surface area contributed by atoms with Crippen LogP contribution >= 0.6 is 27.5 Å². The van der Waals surface area contributed by atoms with Gasteiger partial charge in [0, 0.05) is 15.2 Å². The lowest BCUT2D eigenvalue weighted by molar-refractivity contribution is 0.601. The van der Waals surface area contributed by atoms with E-state index in [0.29, 0.717) is 10.7 Å². The minimum absolute atomic E-state index is 0.0341. The van der Waals surface area contributed by atoms with Gasteiger partial charge in [0.25, 0.3) is 10.0 Å². The number of aryl methyl sites for hydroxylation is 2. The molecule has 0 atom stereocenters. The summed E-state index contributed by atoms with van der Waals surface area (Å²) in [5.74, 6) is 0. The van der Waals surface area contributed by atoms with E-state index in [-0.39, 0.29) is 10.6 Å². The number of benzene rings is 2. The van der Waals surface area contributed by atoms with E-state index in [4.69, 9.17) is 17.3 Å². The summed E-state index contributed by atoms with van der Waals surface area (Å²) in [5, 5.41) is 0.313. The second kappa shape index (κ2) is 5.87. The zero-order valence-electron chi connectivity index (χ0n) is 11.4. The Morgan fingerprint density at radius 3 is 2.29 bits per heavy atom. The molecule has 2 aromatic carbocycles. The Morgan fingerprint density at radius 1 is 1.14 bits per heavy atom. The average Bonchev–Trinajstić information content (AvgIpc) is 2.38. The highest BCUT2D eigenvalue weighted by Gasteiger charge is 2.18. The number of hydrogen-bond acceptors (Lipinski definition) is 3. The molecule has 0 unspecified atom stereocenters. The van der Waals surface area contributed by atoms with Gasteiger partial charge in [-0.05, 0) is 55.3 Å². The highest BCUT2D eigenvalue weighted by atomic mass is 79.9. The van der Waals surface area contributed by atoms with Gasteiger partial charge >= 0.3 is 0 Å². The Kier molecular flexibility index (Phi) is 4.51.